The third-order valence-corrected chi connectivity index (χ3v) is 5.50. The lowest BCUT2D eigenvalue weighted by Gasteiger charge is -2.24. The molecule has 0 aromatic heterocycles. The summed E-state index contributed by atoms with van der Waals surface area (Å²) in [5, 5.41) is 8.79. The first-order valence-corrected chi connectivity index (χ1v) is 9.19. The maximum Gasteiger partial charge on any atom is 0.233 e. The van der Waals surface area contributed by atoms with Gasteiger partial charge in [0.15, 0.2) is 9.84 Å². The van der Waals surface area contributed by atoms with Crippen molar-refractivity contribution in [2.24, 2.45) is 0 Å². The van der Waals surface area contributed by atoms with Crippen molar-refractivity contribution in [3.8, 4) is 0 Å². The summed E-state index contributed by atoms with van der Waals surface area (Å²) in [6.07, 6.45) is 1.72. The van der Waals surface area contributed by atoms with Gasteiger partial charge in [-0.3, -0.25) is 4.79 Å². The molecule has 1 heterocycles. The molecule has 0 saturated carbocycles. The quantitative estimate of drug-likeness (QED) is 0.879. The van der Waals surface area contributed by atoms with Gasteiger partial charge in [-0.1, -0.05) is 12.1 Å². The molecule has 5 nitrogen and oxygen atoms in total. The van der Waals surface area contributed by atoms with E-state index in [0.29, 0.717) is 18.7 Å². The third-order valence-electron chi connectivity index (χ3n) is 3.12. The van der Waals surface area contributed by atoms with Gasteiger partial charge in [-0.2, -0.15) is 0 Å². The predicted octanol–water partition coefficient (Wildman–Crippen LogP) is 1.05. The average Bonchev–Trinajstić information content (AvgIpc) is 2.77. The molecule has 1 aliphatic heterocycles. The Bertz CT molecular complexity index is 583. The molecule has 0 spiro atoms. The van der Waals surface area contributed by atoms with Crippen LogP contribution in [-0.2, 0) is 14.6 Å². The Morgan fingerprint density at radius 1 is 1.35 bits per heavy atom. The Kier molecular flexibility index (Phi) is 4.72. The molecule has 1 N–H and O–H groups in total. The van der Waals surface area contributed by atoms with Crippen LogP contribution < -0.4 is 0 Å². The number of amides is 1. The van der Waals surface area contributed by atoms with Crippen LogP contribution in [0.1, 0.15) is 17.4 Å². The van der Waals surface area contributed by atoms with Crippen molar-refractivity contribution in [1.29, 1.82) is 0 Å². The Labute approximate surface area is 122 Å². The molecule has 0 radical (unpaired) electrons. The summed E-state index contributed by atoms with van der Waals surface area (Å²) in [4.78, 5) is 13.8. The van der Waals surface area contributed by atoms with Crippen molar-refractivity contribution in [3.05, 3.63) is 29.8 Å². The van der Waals surface area contributed by atoms with E-state index in [2.05, 4.69) is 0 Å². The summed E-state index contributed by atoms with van der Waals surface area (Å²) in [7, 11) is -3.20. The smallest absolute Gasteiger partial charge is 0.233 e. The van der Waals surface area contributed by atoms with Crippen molar-refractivity contribution < 1.29 is 18.3 Å². The first-order chi connectivity index (χ1) is 9.43. The van der Waals surface area contributed by atoms with Gasteiger partial charge in [0, 0.05) is 19.4 Å². The molecule has 110 valence electrons. The van der Waals surface area contributed by atoms with Gasteiger partial charge in [-0.05, 0) is 24.1 Å². The van der Waals surface area contributed by atoms with Crippen LogP contribution in [0, 0.1) is 0 Å². The maximum atomic E-state index is 11.8. The van der Waals surface area contributed by atoms with E-state index in [9.17, 15) is 13.2 Å². The van der Waals surface area contributed by atoms with Crippen LogP contribution in [0.4, 0.5) is 0 Å². The first kappa shape index (κ1) is 15.3. The minimum Gasteiger partial charge on any atom is -0.396 e. The molecule has 1 aliphatic rings. The Morgan fingerprint density at radius 2 is 2.00 bits per heavy atom. The molecule has 0 aliphatic carbocycles. The van der Waals surface area contributed by atoms with Crippen LogP contribution in [0.5, 0.6) is 0 Å². The number of nitrogens with zero attached hydrogens (tertiary/aromatic N) is 1. The number of hydrogen-bond acceptors (Lipinski definition) is 5. The summed E-state index contributed by atoms with van der Waals surface area (Å²) in [6.45, 7) is 0.564. The molecule has 1 saturated heterocycles. The molecular formula is C13H17NO4S2. The minimum atomic E-state index is -3.20. The highest BCUT2D eigenvalue weighted by Crippen LogP contribution is 2.38. The predicted molar refractivity (Wildman–Crippen MR) is 78.2 cm³/mol. The fourth-order valence-corrected chi connectivity index (χ4v) is 3.94. The summed E-state index contributed by atoms with van der Waals surface area (Å²) in [5.41, 5.74) is 0.909. The second kappa shape index (κ2) is 6.15. The minimum absolute atomic E-state index is 0.0498. The summed E-state index contributed by atoms with van der Waals surface area (Å²) < 4.78 is 22.9. The van der Waals surface area contributed by atoms with Gasteiger partial charge in [0.2, 0.25) is 5.91 Å². The van der Waals surface area contributed by atoms with Crippen molar-refractivity contribution in [1.82, 2.24) is 4.90 Å². The first-order valence-electron chi connectivity index (χ1n) is 6.25. The van der Waals surface area contributed by atoms with E-state index in [-0.39, 0.29) is 22.8 Å². The monoisotopic (exact) mass is 315 g/mol. The number of sulfone groups is 1. The van der Waals surface area contributed by atoms with E-state index in [0.717, 1.165) is 5.56 Å². The maximum absolute atomic E-state index is 11.8. The average molecular weight is 315 g/mol. The lowest BCUT2D eigenvalue weighted by Crippen LogP contribution is -2.29. The molecule has 1 aromatic rings. The number of aliphatic hydroxyl groups is 1. The zero-order chi connectivity index (χ0) is 14.8. The fourth-order valence-electron chi connectivity index (χ4n) is 2.09. The molecule has 1 atom stereocenters. The summed E-state index contributed by atoms with van der Waals surface area (Å²) >= 11 is 1.52. The van der Waals surface area contributed by atoms with E-state index in [1.54, 1.807) is 29.2 Å². The molecule has 2 rings (SSSR count). The molecular weight excluding hydrogens is 298 g/mol. The van der Waals surface area contributed by atoms with Gasteiger partial charge < -0.3 is 10.0 Å². The highest BCUT2D eigenvalue weighted by Gasteiger charge is 2.32. The molecule has 7 heteroatoms. The van der Waals surface area contributed by atoms with Crippen molar-refractivity contribution >= 4 is 27.5 Å². The van der Waals surface area contributed by atoms with E-state index in [1.165, 1.54) is 18.0 Å². The fraction of sp³-hybridized carbons (Fsp3) is 0.462. The highest BCUT2D eigenvalue weighted by atomic mass is 32.2. The van der Waals surface area contributed by atoms with E-state index in [1.807, 2.05) is 0 Å². The lowest BCUT2D eigenvalue weighted by atomic mass is 10.2. The van der Waals surface area contributed by atoms with E-state index >= 15 is 0 Å². The molecule has 1 unspecified atom stereocenters. The van der Waals surface area contributed by atoms with Crippen LogP contribution in [0.3, 0.4) is 0 Å². The number of benzene rings is 1. The van der Waals surface area contributed by atoms with Gasteiger partial charge in [-0.15, -0.1) is 11.8 Å². The summed E-state index contributed by atoms with van der Waals surface area (Å²) in [6, 6.07) is 6.63. The molecule has 1 aromatic carbocycles. The highest BCUT2D eigenvalue weighted by molar-refractivity contribution is 8.00. The van der Waals surface area contributed by atoms with E-state index < -0.39 is 9.84 Å². The van der Waals surface area contributed by atoms with Gasteiger partial charge >= 0.3 is 0 Å². The second-order valence-electron chi connectivity index (χ2n) is 4.67. The van der Waals surface area contributed by atoms with Gasteiger partial charge in [0.05, 0.1) is 10.6 Å². The second-order valence-corrected chi connectivity index (χ2v) is 7.75. The Morgan fingerprint density at radius 3 is 2.55 bits per heavy atom. The number of rotatable bonds is 5. The zero-order valence-electron chi connectivity index (χ0n) is 11.2. The number of hydrogen-bond donors (Lipinski definition) is 1. The van der Waals surface area contributed by atoms with Crippen LogP contribution >= 0.6 is 11.8 Å². The van der Waals surface area contributed by atoms with Gasteiger partial charge in [0.1, 0.15) is 5.37 Å². The van der Waals surface area contributed by atoms with Crippen LogP contribution in [-0.4, -0.2) is 49.5 Å². The number of thioether (sulfide) groups is 1. The largest absolute Gasteiger partial charge is 0.396 e. The number of aliphatic hydroxyl groups excluding tert-OH is 1. The number of carbonyl (C=O) groups excluding carboxylic acids is 1. The standard InChI is InChI=1S/C13H17NO4S2/c1-20(17,18)11-5-3-10(4-6-11)13-14(7-2-8-15)12(16)9-19-13/h3-6,13,15H,2,7-9H2,1H3. The van der Waals surface area contributed by atoms with Crippen molar-refractivity contribution in [3.63, 3.8) is 0 Å². The van der Waals surface area contributed by atoms with Gasteiger partial charge in [-0.25, -0.2) is 8.42 Å². The van der Waals surface area contributed by atoms with Crippen LogP contribution in [0.15, 0.2) is 29.2 Å². The SMILES string of the molecule is CS(=O)(=O)c1ccc(C2SCC(=O)N2CCCO)cc1. The third kappa shape index (κ3) is 3.34. The van der Waals surface area contributed by atoms with Crippen LogP contribution in [0.25, 0.3) is 0 Å². The topological polar surface area (TPSA) is 74.7 Å². The molecule has 0 bridgehead atoms. The Balaban J connectivity index is 2.20. The van der Waals surface area contributed by atoms with Gasteiger partial charge in [0.25, 0.3) is 0 Å². The van der Waals surface area contributed by atoms with Crippen LogP contribution in [0.2, 0.25) is 0 Å². The Hall–Kier alpha value is -1.05. The lowest BCUT2D eigenvalue weighted by molar-refractivity contribution is -0.128. The van der Waals surface area contributed by atoms with Crippen molar-refractivity contribution in [2.75, 3.05) is 25.2 Å². The van der Waals surface area contributed by atoms with E-state index in [4.69, 9.17) is 5.11 Å². The summed E-state index contributed by atoms with van der Waals surface area (Å²) in [5.74, 6) is 0.477. The van der Waals surface area contributed by atoms with Crippen molar-refractivity contribution in [2.45, 2.75) is 16.7 Å². The molecule has 1 amide bonds. The normalized spacial score (nSPS) is 19.6. The zero-order valence-corrected chi connectivity index (χ0v) is 12.8. The molecule has 20 heavy (non-hydrogen) atoms. The molecule has 1 fully saturated rings. The number of carbonyl (C=O) groups is 1.